The van der Waals surface area contributed by atoms with Gasteiger partial charge in [-0.3, -0.25) is 4.79 Å². The number of carbonyl (C=O) groups is 1. The van der Waals surface area contributed by atoms with Crippen molar-refractivity contribution in [2.45, 2.75) is 38.6 Å². The van der Waals surface area contributed by atoms with Gasteiger partial charge in [0.2, 0.25) is 11.9 Å². The summed E-state index contributed by atoms with van der Waals surface area (Å²) in [6.45, 7) is 5.10. The fourth-order valence-electron chi connectivity index (χ4n) is 3.08. The van der Waals surface area contributed by atoms with Crippen LogP contribution in [0.5, 0.6) is 0 Å². The lowest BCUT2D eigenvalue weighted by Crippen LogP contribution is -2.47. The number of nitrogens with one attached hydrogen (secondary N) is 1. The molecule has 120 valence electrons. The Kier molecular flexibility index (Phi) is 4.87. The highest BCUT2D eigenvalue weighted by molar-refractivity contribution is 5.79. The standard InChI is InChI=1S/C16H24N4O2/c1-12-9-17-16(18-10-12)20-6-2-3-13(11-20)15(21)19-14-4-7-22-8-5-14/h9-10,13-14H,2-8,11H2,1H3,(H,19,21). The molecule has 1 amide bonds. The maximum Gasteiger partial charge on any atom is 0.225 e. The molecule has 1 aromatic heterocycles. The van der Waals surface area contributed by atoms with E-state index in [0.29, 0.717) is 6.54 Å². The molecule has 2 fully saturated rings. The molecule has 1 N–H and O–H groups in total. The summed E-state index contributed by atoms with van der Waals surface area (Å²) in [5.74, 6) is 0.930. The fourth-order valence-corrected chi connectivity index (χ4v) is 3.08. The van der Waals surface area contributed by atoms with Gasteiger partial charge >= 0.3 is 0 Å². The average Bonchev–Trinajstić information content (AvgIpc) is 2.56. The molecule has 0 spiro atoms. The van der Waals surface area contributed by atoms with Crippen LogP contribution in [0.3, 0.4) is 0 Å². The molecule has 0 aliphatic carbocycles. The summed E-state index contributed by atoms with van der Waals surface area (Å²) in [5.41, 5.74) is 1.05. The van der Waals surface area contributed by atoms with Gasteiger partial charge in [0.25, 0.3) is 0 Å². The highest BCUT2D eigenvalue weighted by Crippen LogP contribution is 2.21. The number of amides is 1. The molecule has 0 radical (unpaired) electrons. The summed E-state index contributed by atoms with van der Waals surface area (Å²) in [7, 11) is 0. The molecule has 2 aliphatic rings. The molecule has 1 atom stereocenters. The molecule has 6 heteroatoms. The van der Waals surface area contributed by atoms with Crippen LogP contribution in [0.2, 0.25) is 0 Å². The predicted molar refractivity (Wildman–Crippen MR) is 83.7 cm³/mol. The lowest BCUT2D eigenvalue weighted by molar-refractivity contribution is -0.126. The van der Waals surface area contributed by atoms with Crippen molar-refractivity contribution in [2.24, 2.45) is 5.92 Å². The van der Waals surface area contributed by atoms with E-state index in [0.717, 1.165) is 57.0 Å². The van der Waals surface area contributed by atoms with Crippen LogP contribution in [0.4, 0.5) is 5.95 Å². The number of anilines is 1. The van der Waals surface area contributed by atoms with Gasteiger partial charge in [0.1, 0.15) is 0 Å². The van der Waals surface area contributed by atoms with E-state index in [1.165, 1.54) is 0 Å². The maximum absolute atomic E-state index is 12.5. The van der Waals surface area contributed by atoms with E-state index in [9.17, 15) is 4.79 Å². The second-order valence-electron chi connectivity index (χ2n) is 6.24. The Labute approximate surface area is 131 Å². The first-order valence-corrected chi connectivity index (χ1v) is 8.14. The Balaban J connectivity index is 1.57. The van der Waals surface area contributed by atoms with E-state index in [1.807, 2.05) is 19.3 Å². The first kappa shape index (κ1) is 15.2. The summed E-state index contributed by atoms with van der Waals surface area (Å²) < 4.78 is 5.34. The number of carbonyl (C=O) groups excluding carboxylic acids is 1. The van der Waals surface area contributed by atoms with Crippen molar-refractivity contribution in [3.8, 4) is 0 Å². The molecule has 0 saturated carbocycles. The summed E-state index contributed by atoms with van der Waals surface area (Å²) in [5, 5.41) is 3.18. The first-order chi connectivity index (χ1) is 10.7. The Bertz CT molecular complexity index is 499. The topological polar surface area (TPSA) is 67.4 Å². The van der Waals surface area contributed by atoms with Crippen LogP contribution in [-0.4, -0.2) is 48.2 Å². The smallest absolute Gasteiger partial charge is 0.225 e. The molecule has 0 aromatic carbocycles. The number of aromatic nitrogens is 2. The van der Waals surface area contributed by atoms with Crippen LogP contribution in [0.1, 0.15) is 31.2 Å². The monoisotopic (exact) mass is 304 g/mol. The molecule has 1 unspecified atom stereocenters. The van der Waals surface area contributed by atoms with Gasteiger partial charge in [0.05, 0.1) is 5.92 Å². The largest absolute Gasteiger partial charge is 0.381 e. The van der Waals surface area contributed by atoms with Crippen molar-refractivity contribution in [3.63, 3.8) is 0 Å². The Morgan fingerprint density at radius 1 is 1.27 bits per heavy atom. The zero-order chi connectivity index (χ0) is 15.4. The SMILES string of the molecule is Cc1cnc(N2CCCC(C(=O)NC3CCOCC3)C2)nc1. The van der Waals surface area contributed by atoms with E-state index in [4.69, 9.17) is 4.74 Å². The van der Waals surface area contributed by atoms with Gasteiger partial charge in [-0.1, -0.05) is 0 Å². The summed E-state index contributed by atoms with van der Waals surface area (Å²) in [6, 6.07) is 0.271. The van der Waals surface area contributed by atoms with Crippen molar-refractivity contribution in [2.75, 3.05) is 31.2 Å². The second kappa shape index (κ2) is 7.05. The van der Waals surface area contributed by atoms with Gasteiger partial charge in [-0.2, -0.15) is 0 Å². The highest BCUT2D eigenvalue weighted by atomic mass is 16.5. The third-order valence-corrected chi connectivity index (χ3v) is 4.41. The van der Waals surface area contributed by atoms with E-state index in [-0.39, 0.29) is 17.9 Å². The highest BCUT2D eigenvalue weighted by Gasteiger charge is 2.28. The van der Waals surface area contributed by atoms with Crippen molar-refractivity contribution >= 4 is 11.9 Å². The third-order valence-electron chi connectivity index (χ3n) is 4.41. The predicted octanol–water partition coefficient (Wildman–Crippen LogP) is 1.30. The molecule has 2 saturated heterocycles. The zero-order valence-corrected chi connectivity index (χ0v) is 13.1. The fraction of sp³-hybridized carbons (Fsp3) is 0.688. The first-order valence-electron chi connectivity index (χ1n) is 8.14. The van der Waals surface area contributed by atoms with Gasteiger partial charge in [0.15, 0.2) is 0 Å². The summed E-state index contributed by atoms with van der Waals surface area (Å²) >= 11 is 0. The van der Waals surface area contributed by atoms with Crippen LogP contribution in [-0.2, 0) is 9.53 Å². The molecular weight excluding hydrogens is 280 g/mol. The van der Waals surface area contributed by atoms with Crippen molar-refractivity contribution in [3.05, 3.63) is 18.0 Å². The molecule has 3 rings (SSSR count). The lowest BCUT2D eigenvalue weighted by atomic mass is 9.96. The lowest BCUT2D eigenvalue weighted by Gasteiger charge is -2.33. The maximum atomic E-state index is 12.5. The number of nitrogens with zero attached hydrogens (tertiary/aromatic N) is 3. The molecule has 0 bridgehead atoms. The van der Waals surface area contributed by atoms with Gasteiger partial charge < -0.3 is 15.0 Å². The Morgan fingerprint density at radius 3 is 2.73 bits per heavy atom. The van der Waals surface area contributed by atoms with Gasteiger partial charge in [0, 0.05) is 44.7 Å². The third kappa shape index (κ3) is 3.74. The normalized spacial score (nSPS) is 23.3. The van der Waals surface area contributed by atoms with Gasteiger partial charge in [-0.15, -0.1) is 0 Å². The summed E-state index contributed by atoms with van der Waals surface area (Å²) in [4.78, 5) is 23.4. The Hall–Kier alpha value is -1.69. The van der Waals surface area contributed by atoms with E-state index >= 15 is 0 Å². The number of piperidine rings is 1. The zero-order valence-electron chi connectivity index (χ0n) is 13.1. The Morgan fingerprint density at radius 2 is 2.00 bits per heavy atom. The quantitative estimate of drug-likeness (QED) is 0.911. The minimum absolute atomic E-state index is 0.0292. The number of hydrogen-bond acceptors (Lipinski definition) is 5. The van der Waals surface area contributed by atoms with E-state index in [1.54, 1.807) is 0 Å². The van der Waals surface area contributed by atoms with Crippen LogP contribution >= 0.6 is 0 Å². The minimum Gasteiger partial charge on any atom is -0.381 e. The average molecular weight is 304 g/mol. The number of hydrogen-bond donors (Lipinski definition) is 1. The van der Waals surface area contributed by atoms with Crippen molar-refractivity contribution < 1.29 is 9.53 Å². The van der Waals surface area contributed by atoms with Crippen LogP contribution in [0, 0.1) is 12.8 Å². The molecule has 1 aromatic rings. The van der Waals surface area contributed by atoms with Crippen LogP contribution in [0.15, 0.2) is 12.4 Å². The van der Waals surface area contributed by atoms with Crippen molar-refractivity contribution in [1.29, 1.82) is 0 Å². The molecule has 3 heterocycles. The van der Waals surface area contributed by atoms with Gasteiger partial charge in [-0.05, 0) is 38.2 Å². The van der Waals surface area contributed by atoms with Crippen molar-refractivity contribution in [1.82, 2.24) is 15.3 Å². The van der Waals surface area contributed by atoms with Gasteiger partial charge in [-0.25, -0.2) is 9.97 Å². The molecular formula is C16H24N4O2. The number of aryl methyl sites for hydroxylation is 1. The second-order valence-corrected chi connectivity index (χ2v) is 6.24. The molecule has 2 aliphatic heterocycles. The molecule has 6 nitrogen and oxygen atoms in total. The summed E-state index contributed by atoms with van der Waals surface area (Å²) in [6.07, 6.45) is 7.44. The van der Waals surface area contributed by atoms with Crippen LogP contribution in [0.25, 0.3) is 0 Å². The number of rotatable bonds is 3. The van der Waals surface area contributed by atoms with E-state index < -0.39 is 0 Å². The van der Waals surface area contributed by atoms with Crippen LogP contribution < -0.4 is 10.2 Å². The number of ether oxygens (including phenoxy) is 1. The minimum atomic E-state index is 0.0292. The van der Waals surface area contributed by atoms with E-state index in [2.05, 4.69) is 20.2 Å². The molecule has 22 heavy (non-hydrogen) atoms.